The van der Waals surface area contributed by atoms with Gasteiger partial charge < -0.3 is 15.1 Å². The Morgan fingerprint density at radius 2 is 1.62 bits per heavy atom. The van der Waals surface area contributed by atoms with Gasteiger partial charge in [0.1, 0.15) is 0 Å². The summed E-state index contributed by atoms with van der Waals surface area (Å²) in [4.78, 5) is 11.2. The van der Waals surface area contributed by atoms with Crippen molar-refractivity contribution in [3.05, 3.63) is 0 Å². The molecule has 2 N–H and O–H groups in total. The number of carboxylic acid groups (broad SMARTS) is 2. The van der Waals surface area contributed by atoms with Gasteiger partial charge in [0.05, 0.1) is 0 Å². The highest BCUT2D eigenvalue weighted by Crippen LogP contribution is 2.25. The number of fused-ring (bicyclic) bond motifs is 2. The van der Waals surface area contributed by atoms with Crippen molar-refractivity contribution >= 4 is 6.16 Å². The number of nitrogens with zero attached hydrogens (tertiary/aromatic N) is 1. The van der Waals surface area contributed by atoms with Crippen molar-refractivity contribution in [1.29, 1.82) is 0 Å². The van der Waals surface area contributed by atoms with E-state index in [0.29, 0.717) is 0 Å². The van der Waals surface area contributed by atoms with E-state index in [9.17, 15) is 0 Å². The number of hydrogen-bond acceptors (Lipinski definition) is 2. The number of rotatable bonds is 0. The summed E-state index contributed by atoms with van der Waals surface area (Å²) in [6, 6.07) is 0. The molecule has 4 heteroatoms. The molecule has 0 atom stereocenters. The third kappa shape index (κ3) is 4.12. The van der Waals surface area contributed by atoms with Crippen molar-refractivity contribution in [3.8, 4) is 0 Å². The van der Waals surface area contributed by atoms with Gasteiger partial charge in [-0.3, -0.25) is 0 Å². The number of hydrogen-bond donors (Lipinski definition) is 2. The van der Waals surface area contributed by atoms with Crippen molar-refractivity contribution in [2.24, 2.45) is 5.92 Å². The summed E-state index contributed by atoms with van der Waals surface area (Å²) >= 11 is 0. The minimum atomic E-state index is -1.83. The molecular formula is C9H17NO3. The van der Waals surface area contributed by atoms with E-state index < -0.39 is 6.16 Å². The van der Waals surface area contributed by atoms with Crippen molar-refractivity contribution < 1.29 is 15.0 Å². The molecule has 2 rings (SSSR count). The third-order valence-electron chi connectivity index (χ3n) is 2.69. The Kier molecular flexibility index (Phi) is 4.02. The van der Waals surface area contributed by atoms with Crippen molar-refractivity contribution in [2.45, 2.75) is 25.7 Å². The van der Waals surface area contributed by atoms with Gasteiger partial charge in [0.2, 0.25) is 0 Å². The first-order valence-corrected chi connectivity index (χ1v) is 4.82. The first kappa shape index (κ1) is 10.3. The summed E-state index contributed by atoms with van der Waals surface area (Å²) < 4.78 is 0. The highest BCUT2D eigenvalue weighted by molar-refractivity contribution is 5.53. The third-order valence-corrected chi connectivity index (χ3v) is 2.69. The Balaban J connectivity index is 0.000000184. The average molecular weight is 187 g/mol. The molecule has 2 bridgehead atoms. The predicted octanol–water partition coefficient (Wildman–Crippen LogP) is 1.71. The predicted molar refractivity (Wildman–Crippen MR) is 49.1 cm³/mol. The summed E-state index contributed by atoms with van der Waals surface area (Å²) in [7, 11) is 0. The smallest absolute Gasteiger partial charge is 0.450 e. The van der Waals surface area contributed by atoms with Crippen LogP contribution in [-0.4, -0.2) is 40.9 Å². The van der Waals surface area contributed by atoms with Gasteiger partial charge in [-0.25, -0.2) is 4.79 Å². The second-order valence-corrected chi connectivity index (χ2v) is 3.73. The Morgan fingerprint density at radius 3 is 1.92 bits per heavy atom. The normalized spacial score (nSPS) is 31.4. The van der Waals surface area contributed by atoms with Crippen LogP contribution in [0.5, 0.6) is 0 Å². The maximum atomic E-state index is 8.56. The zero-order chi connectivity index (χ0) is 9.68. The minimum Gasteiger partial charge on any atom is -0.450 e. The van der Waals surface area contributed by atoms with E-state index in [4.69, 9.17) is 15.0 Å². The van der Waals surface area contributed by atoms with E-state index in [2.05, 4.69) is 4.90 Å². The molecule has 2 aliphatic rings. The van der Waals surface area contributed by atoms with E-state index >= 15 is 0 Å². The lowest BCUT2D eigenvalue weighted by Gasteiger charge is -2.37. The first-order chi connectivity index (χ1) is 6.18. The van der Waals surface area contributed by atoms with Gasteiger partial charge in [0, 0.05) is 6.54 Å². The lowest BCUT2D eigenvalue weighted by molar-refractivity contribution is 0.124. The van der Waals surface area contributed by atoms with Gasteiger partial charge in [-0.15, -0.1) is 0 Å². The molecule has 76 valence electrons. The van der Waals surface area contributed by atoms with Crippen LogP contribution in [0.2, 0.25) is 0 Å². The molecule has 0 aliphatic carbocycles. The maximum absolute atomic E-state index is 8.56. The summed E-state index contributed by atoms with van der Waals surface area (Å²) in [6.07, 6.45) is 4.11. The zero-order valence-corrected chi connectivity index (χ0v) is 7.78. The zero-order valence-electron chi connectivity index (χ0n) is 7.78. The van der Waals surface area contributed by atoms with Crippen LogP contribution in [0.25, 0.3) is 0 Å². The second kappa shape index (κ2) is 5.07. The summed E-state index contributed by atoms with van der Waals surface area (Å²) in [5.74, 6) is 1.08. The van der Waals surface area contributed by atoms with Gasteiger partial charge in [-0.2, -0.15) is 0 Å². The van der Waals surface area contributed by atoms with Crippen LogP contribution in [0.1, 0.15) is 25.7 Å². The van der Waals surface area contributed by atoms with Crippen LogP contribution in [0.4, 0.5) is 4.79 Å². The molecule has 0 saturated carbocycles. The fourth-order valence-corrected chi connectivity index (χ4v) is 2.19. The van der Waals surface area contributed by atoms with E-state index in [1.54, 1.807) is 0 Å². The fraction of sp³-hybridized carbons (Fsp3) is 0.889. The van der Waals surface area contributed by atoms with Gasteiger partial charge in [0.25, 0.3) is 0 Å². The average Bonchev–Trinajstić information content (AvgIpc) is 2.03. The Morgan fingerprint density at radius 1 is 1.15 bits per heavy atom. The summed E-state index contributed by atoms with van der Waals surface area (Å²) in [6.45, 7) is 4.19. The molecular weight excluding hydrogens is 170 g/mol. The molecule has 0 amide bonds. The molecule has 0 radical (unpaired) electrons. The number of carbonyl (C=O) groups is 1. The SMILES string of the molecule is C1CC2CCCN(C1)C2.O=C(O)O. The van der Waals surface area contributed by atoms with Gasteiger partial charge >= 0.3 is 6.16 Å². The lowest BCUT2D eigenvalue weighted by atomic mass is 9.90. The molecule has 0 aromatic rings. The van der Waals surface area contributed by atoms with E-state index in [1.165, 1.54) is 45.3 Å². The largest absolute Gasteiger partial charge is 0.503 e. The minimum absolute atomic E-state index is 1.08. The van der Waals surface area contributed by atoms with E-state index in [1.807, 2.05) is 0 Å². The lowest BCUT2D eigenvalue weighted by Crippen LogP contribution is -2.39. The van der Waals surface area contributed by atoms with E-state index in [0.717, 1.165) is 5.92 Å². The van der Waals surface area contributed by atoms with Crippen molar-refractivity contribution in [2.75, 3.05) is 19.6 Å². The van der Waals surface area contributed by atoms with Crippen LogP contribution >= 0.6 is 0 Å². The molecule has 0 aromatic heterocycles. The molecule has 2 saturated heterocycles. The molecule has 0 spiro atoms. The Bertz CT molecular complexity index is 148. The van der Waals surface area contributed by atoms with Crippen LogP contribution in [-0.2, 0) is 0 Å². The number of piperidine rings is 2. The molecule has 2 fully saturated rings. The molecule has 0 aromatic carbocycles. The monoisotopic (exact) mass is 187 g/mol. The van der Waals surface area contributed by atoms with E-state index in [-0.39, 0.29) is 0 Å². The first-order valence-electron chi connectivity index (χ1n) is 4.82. The standard InChI is InChI=1S/C8H15N.CH2O3/c1-3-8-4-2-6-9(5-1)7-8;2-1(3)4/h8H,1-7H2;(H2,2,3,4). The second-order valence-electron chi connectivity index (χ2n) is 3.73. The van der Waals surface area contributed by atoms with Crippen LogP contribution < -0.4 is 0 Å². The van der Waals surface area contributed by atoms with Crippen LogP contribution in [0.3, 0.4) is 0 Å². The quantitative estimate of drug-likeness (QED) is 0.606. The highest BCUT2D eigenvalue weighted by Gasteiger charge is 2.22. The van der Waals surface area contributed by atoms with Crippen molar-refractivity contribution in [3.63, 3.8) is 0 Å². The Labute approximate surface area is 78.2 Å². The van der Waals surface area contributed by atoms with Gasteiger partial charge in [0.15, 0.2) is 0 Å². The van der Waals surface area contributed by atoms with Crippen LogP contribution in [0, 0.1) is 5.92 Å². The molecule has 13 heavy (non-hydrogen) atoms. The molecule has 0 unspecified atom stereocenters. The van der Waals surface area contributed by atoms with Gasteiger partial charge in [-0.1, -0.05) is 0 Å². The van der Waals surface area contributed by atoms with Crippen molar-refractivity contribution in [1.82, 2.24) is 4.90 Å². The Hall–Kier alpha value is -0.770. The molecule has 2 aliphatic heterocycles. The molecule has 2 heterocycles. The summed E-state index contributed by atoms with van der Waals surface area (Å²) in [5.41, 5.74) is 0. The topological polar surface area (TPSA) is 60.8 Å². The maximum Gasteiger partial charge on any atom is 0.503 e. The molecule has 4 nitrogen and oxygen atoms in total. The fourth-order valence-electron chi connectivity index (χ4n) is 2.19. The van der Waals surface area contributed by atoms with Crippen LogP contribution in [0.15, 0.2) is 0 Å². The summed E-state index contributed by atoms with van der Waals surface area (Å²) in [5, 5.41) is 13.9. The van der Waals surface area contributed by atoms with Gasteiger partial charge in [-0.05, 0) is 44.7 Å². The highest BCUT2D eigenvalue weighted by atomic mass is 16.6.